The zero-order chi connectivity index (χ0) is 21.3. The highest BCUT2D eigenvalue weighted by Gasteiger charge is 2.27. The third-order valence-corrected chi connectivity index (χ3v) is 5.88. The van der Waals surface area contributed by atoms with Gasteiger partial charge in [0.2, 0.25) is 0 Å². The molecule has 1 aliphatic rings. The van der Waals surface area contributed by atoms with Gasteiger partial charge in [-0.05, 0) is 69.7 Å². The second-order valence-electron chi connectivity index (χ2n) is 7.94. The summed E-state index contributed by atoms with van der Waals surface area (Å²) < 4.78 is 7.48. The molecule has 156 valence electrons. The van der Waals surface area contributed by atoms with Crippen molar-refractivity contribution < 1.29 is 4.74 Å². The zero-order valence-corrected chi connectivity index (χ0v) is 18.7. The van der Waals surface area contributed by atoms with Crippen molar-refractivity contribution in [1.29, 1.82) is 0 Å². The Labute approximate surface area is 179 Å². The second kappa shape index (κ2) is 8.39. The van der Waals surface area contributed by atoms with E-state index < -0.39 is 0 Å². The molecule has 5 nitrogen and oxygen atoms in total. The van der Waals surface area contributed by atoms with E-state index in [9.17, 15) is 0 Å². The first kappa shape index (κ1) is 20.3. The van der Waals surface area contributed by atoms with Gasteiger partial charge in [0.1, 0.15) is 11.6 Å². The average molecular weight is 403 g/mol. The molecule has 0 N–H and O–H groups in total. The fraction of sp³-hybridized carbons (Fsp3) is 0.440. The van der Waals surface area contributed by atoms with Gasteiger partial charge >= 0.3 is 0 Å². The highest BCUT2D eigenvalue weighted by atomic mass is 16.5. The summed E-state index contributed by atoms with van der Waals surface area (Å²) in [6.45, 7) is 9.99. The number of methoxy groups -OCH3 is 1. The zero-order valence-electron chi connectivity index (χ0n) is 18.7. The van der Waals surface area contributed by atoms with E-state index in [4.69, 9.17) is 14.8 Å². The number of ether oxygens (including phenoxy) is 1. The van der Waals surface area contributed by atoms with Gasteiger partial charge in [0.15, 0.2) is 5.65 Å². The maximum Gasteiger partial charge on any atom is 0.165 e. The molecule has 30 heavy (non-hydrogen) atoms. The largest absolute Gasteiger partial charge is 0.497 e. The van der Waals surface area contributed by atoms with E-state index in [1.807, 2.05) is 13.0 Å². The van der Waals surface area contributed by atoms with Crippen LogP contribution < -0.4 is 9.64 Å². The number of aryl methyl sites for hydroxylation is 3. The van der Waals surface area contributed by atoms with Gasteiger partial charge in [0.25, 0.3) is 0 Å². The second-order valence-corrected chi connectivity index (χ2v) is 7.94. The quantitative estimate of drug-likeness (QED) is 0.558. The van der Waals surface area contributed by atoms with Crippen LogP contribution in [0.15, 0.2) is 18.2 Å². The monoisotopic (exact) mass is 402 g/mol. The number of hydrogen-bond donors (Lipinski definition) is 0. The number of benzene rings is 1. The summed E-state index contributed by atoms with van der Waals surface area (Å²) in [7, 11) is 1.70. The van der Waals surface area contributed by atoms with Crippen molar-refractivity contribution in [1.82, 2.24) is 14.6 Å². The molecule has 5 heteroatoms. The van der Waals surface area contributed by atoms with Gasteiger partial charge in [-0.25, -0.2) is 4.98 Å². The fourth-order valence-electron chi connectivity index (χ4n) is 4.50. The van der Waals surface area contributed by atoms with E-state index in [0.717, 1.165) is 60.4 Å². The van der Waals surface area contributed by atoms with E-state index in [-0.39, 0.29) is 0 Å². The molecule has 0 radical (unpaired) electrons. The molecule has 3 aromatic rings. The van der Waals surface area contributed by atoms with Crippen LogP contribution in [-0.2, 0) is 12.8 Å². The van der Waals surface area contributed by atoms with Crippen LogP contribution in [0.4, 0.5) is 5.82 Å². The molecule has 0 fully saturated rings. The topological polar surface area (TPSA) is 42.7 Å². The molecule has 4 rings (SSSR count). The van der Waals surface area contributed by atoms with Gasteiger partial charge in [-0.1, -0.05) is 18.9 Å². The molecule has 0 aliphatic heterocycles. The van der Waals surface area contributed by atoms with Crippen molar-refractivity contribution in [3.8, 4) is 28.7 Å². The minimum absolute atomic E-state index is 0.714. The molecule has 0 saturated heterocycles. The molecule has 2 aromatic heterocycles. The Balaban J connectivity index is 1.98. The maximum absolute atomic E-state index is 5.40. The molecule has 1 aliphatic carbocycles. The van der Waals surface area contributed by atoms with Gasteiger partial charge in [0.05, 0.1) is 19.3 Å². The Hall–Kier alpha value is -3.00. The van der Waals surface area contributed by atoms with Crippen molar-refractivity contribution >= 4 is 11.5 Å². The minimum atomic E-state index is 0.714. The maximum atomic E-state index is 5.40. The summed E-state index contributed by atoms with van der Waals surface area (Å²) in [6.07, 6.45) is 4.30. The van der Waals surface area contributed by atoms with E-state index in [0.29, 0.717) is 6.54 Å². The van der Waals surface area contributed by atoms with Crippen molar-refractivity contribution in [2.75, 3.05) is 25.1 Å². The fourth-order valence-corrected chi connectivity index (χ4v) is 4.50. The Morgan fingerprint density at radius 2 is 2.07 bits per heavy atom. The first-order valence-corrected chi connectivity index (χ1v) is 10.8. The first-order chi connectivity index (χ1) is 14.6. The van der Waals surface area contributed by atoms with Crippen LogP contribution in [0.2, 0.25) is 0 Å². The van der Waals surface area contributed by atoms with Crippen molar-refractivity contribution in [3.05, 3.63) is 40.7 Å². The lowest BCUT2D eigenvalue weighted by Crippen LogP contribution is -2.28. The Bertz CT molecular complexity index is 1150. The molecule has 2 heterocycles. The Morgan fingerprint density at radius 3 is 2.77 bits per heavy atom. The molecule has 0 bridgehead atoms. The predicted molar refractivity (Wildman–Crippen MR) is 122 cm³/mol. The third kappa shape index (κ3) is 3.41. The molecule has 0 spiro atoms. The number of rotatable bonds is 6. The van der Waals surface area contributed by atoms with Gasteiger partial charge in [-0.3, -0.25) is 0 Å². The van der Waals surface area contributed by atoms with Gasteiger partial charge in [0, 0.05) is 23.4 Å². The molecule has 0 atom stereocenters. The summed E-state index contributed by atoms with van der Waals surface area (Å²) >= 11 is 0. The van der Waals surface area contributed by atoms with Crippen molar-refractivity contribution in [3.63, 3.8) is 0 Å². The third-order valence-electron chi connectivity index (χ3n) is 5.88. The lowest BCUT2D eigenvalue weighted by Gasteiger charge is -2.25. The standard InChI is InChI=1S/C25H30N4O/c1-6-8-15-28(14-7-2)25-21-10-9-11-22(21)26-24-23(18(4)27-29(24)25)20-13-12-19(30-5)16-17(20)3/h12-13,16H,7,9-11,14-15H2,1-5H3. The minimum Gasteiger partial charge on any atom is -0.497 e. The van der Waals surface area contributed by atoms with Crippen LogP contribution in [0.1, 0.15) is 49.2 Å². The van der Waals surface area contributed by atoms with E-state index >= 15 is 0 Å². The summed E-state index contributed by atoms with van der Waals surface area (Å²) in [4.78, 5) is 7.51. The lowest BCUT2D eigenvalue weighted by molar-refractivity contribution is 0.414. The van der Waals surface area contributed by atoms with Crippen molar-refractivity contribution in [2.45, 2.75) is 53.4 Å². The highest BCUT2D eigenvalue weighted by Crippen LogP contribution is 2.37. The molecular formula is C25H30N4O. The number of nitrogens with zero attached hydrogens (tertiary/aromatic N) is 4. The number of aromatic nitrogens is 3. The Kier molecular flexibility index (Phi) is 5.67. The van der Waals surface area contributed by atoms with Crippen molar-refractivity contribution in [2.24, 2.45) is 0 Å². The van der Waals surface area contributed by atoms with E-state index in [1.54, 1.807) is 7.11 Å². The van der Waals surface area contributed by atoms with E-state index in [2.05, 4.69) is 54.2 Å². The van der Waals surface area contributed by atoms with Gasteiger partial charge < -0.3 is 9.64 Å². The Morgan fingerprint density at radius 1 is 1.23 bits per heavy atom. The van der Waals surface area contributed by atoms with Crippen LogP contribution in [0, 0.1) is 25.7 Å². The van der Waals surface area contributed by atoms with Crippen LogP contribution in [-0.4, -0.2) is 34.8 Å². The molecule has 0 amide bonds. The number of hydrogen-bond acceptors (Lipinski definition) is 4. The summed E-state index contributed by atoms with van der Waals surface area (Å²) in [5, 5.41) is 4.99. The molecular weight excluding hydrogens is 372 g/mol. The summed E-state index contributed by atoms with van der Waals surface area (Å²) in [6, 6.07) is 6.21. The molecule has 0 saturated carbocycles. The summed E-state index contributed by atoms with van der Waals surface area (Å²) in [5.74, 6) is 8.36. The normalized spacial score (nSPS) is 12.6. The average Bonchev–Trinajstić information content (AvgIpc) is 3.33. The van der Waals surface area contributed by atoms with E-state index in [1.165, 1.54) is 22.6 Å². The van der Waals surface area contributed by atoms with Crippen LogP contribution in [0.3, 0.4) is 0 Å². The van der Waals surface area contributed by atoms with Gasteiger partial charge in [-0.15, -0.1) is 5.92 Å². The predicted octanol–water partition coefficient (Wildman–Crippen LogP) is 4.75. The molecule has 1 aromatic carbocycles. The number of anilines is 1. The summed E-state index contributed by atoms with van der Waals surface area (Å²) in [5.41, 5.74) is 7.95. The van der Waals surface area contributed by atoms with Crippen LogP contribution in [0.5, 0.6) is 5.75 Å². The number of fused-ring (bicyclic) bond motifs is 2. The highest BCUT2D eigenvalue weighted by molar-refractivity contribution is 5.83. The SMILES string of the molecule is CC#CCN(CCC)c1c2c(nc3c(-c4ccc(OC)cc4C)c(C)nn13)CCC2. The van der Waals surface area contributed by atoms with Crippen LogP contribution >= 0.6 is 0 Å². The lowest BCUT2D eigenvalue weighted by atomic mass is 10.0. The van der Waals surface area contributed by atoms with Crippen LogP contribution in [0.25, 0.3) is 16.8 Å². The van der Waals surface area contributed by atoms with Gasteiger partial charge in [-0.2, -0.15) is 9.61 Å². The first-order valence-electron chi connectivity index (χ1n) is 10.8. The molecule has 0 unspecified atom stereocenters. The smallest absolute Gasteiger partial charge is 0.165 e.